The molecule has 3 nitrogen and oxygen atoms in total. The Morgan fingerprint density at radius 1 is 1.55 bits per heavy atom. The highest BCUT2D eigenvalue weighted by atomic mass is 16.3. The average molecular weight is 151 g/mol. The molecule has 1 aromatic rings. The first-order chi connectivity index (χ1) is 5.34. The second-order valence-electron chi connectivity index (χ2n) is 2.11. The summed E-state index contributed by atoms with van der Waals surface area (Å²) < 4.78 is 0. The number of hydrogen-bond acceptors (Lipinski definition) is 3. The first-order valence-corrected chi connectivity index (χ1v) is 3.39. The molecule has 0 amide bonds. The predicted molar refractivity (Wildman–Crippen MR) is 40.3 cm³/mol. The van der Waals surface area contributed by atoms with Gasteiger partial charge < -0.3 is 5.11 Å². The van der Waals surface area contributed by atoms with Gasteiger partial charge in [-0.3, -0.25) is 9.78 Å². The van der Waals surface area contributed by atoms with E-state index in [-0.39, 0.29) is 18.8 Å². The van der Waals surface area contributed by atoms with E-state index in [0.717, 1.165) is 0 Å². The molecule has 1 aromatic heterocycles. The summed E-state index contributed by atoms with van der Waals surface area (Å²) in [5, 5.41) is 8.45. The Bertz CT molecular complexity index is 233. The minimum Gasteiger partial charge on any atom is -0.396 e. The maximum absolute atomic E-state index is 11.0. The minimum atomic E-state index is -0.117. The van der Waals surface area contributed by atoms with Crippen molar-refractivity contribution in [2.75, 3.05) is 6.61 Å². The third kappa shape index (κ3) is 2.13. The number of aromatic nitrogens is 1. The zero-order valence-electron chi connectivity index (χ0n) is 6.03. The fourth-order valence-corrected chi connectivity index (χ4v) is 0.757. The lowest BCUT2D eigenvalue weighted by Crippen LogP contribution is -2.03. The van der Waals surface area contributed by atoms with Crippen LogP contribution in [0.15, 0.2) is 24.4 Å². The molecule has 1 rings (SSSR count). The van der Waals surface area contributed by atoms with Gasteiger partial charge in [-0.2, -0.15) is 0 Å². The van der Waals surface area contributed by atoms with Crippen LogP contribution >= 0.6 is 0 Å². The van der Waals surface area contributed by atoms with Gasteiger partial charge in [0.1, 0.15) is 5.69 Å². The van der Waals surface area contributed by atoms with Gasteiger partial charge in [0, 0.05) is 12.6 Å². The molecule has 0 saturated carbocycles. The van der Waals surface area contributed by atoms with Crippen LogP contribution in [-0.4, -0.2) is 22.5 Å². The summed E-state index contributed by atoms with van der Waals surface area (Å²) in [7, 11) is 0. The fourth-order valence-electron chi connectivity index (χ4n) is 0.757. The Morgan fingerprint density at radius 2 is 2.36 bits per heavy atom. The molecule has 0 aromatic carbocycles. The van der Waals surface area contributed by atoms with Gasteiger partial charge in [0.25, 0.3) is 0 Å². The van der Waals surface area contributed by atoms with E-state index in [9.17, 15) is 4.79 Å². The van der Waals surface area contributed by atoms with Gasteiger partial charge in [-0.1, -0.05) is 6.07 Å². The van der Waals surface area contributed by atoms with Crippen molar-refractivity contribution >= 4 is 5.78 Å². The van der Waals surface area contributed by atoms with Crippen LogP contribution in [0.2, 0.25) is 0 Å². The van der Waals surface area contributed by atoms with Gasteiger partial charge >= 0.3 is 0 Å². The van der Waals surface area contributed by atoms with Gasteiger partial charge in [0.05, 0.1) is 6.61 Å². The lowest BCUT2D eigenvalue weighted by Gasteiger charge is -1.94. The normalized spacial score (nSPS) is 9.55. The molecule has 0 fully saturated rings. The number of ketones is 1. The molecule has 0 unspecified atom stereocenters. The molecule has 0 aliphatic rings. The number of carbonyl (C=O) groups is 1. The van der Waals surface area contributed by atoms with E-state index in [4.69, 9.17) is 5.11 Å². The second kappa shape index (κ2) is 3.83. The van der Waals surface area contributed by atoms with E-state index in [1.165, 1.54) is 0 Å². The third-order valence-electron chi connectivity index (χ3n) is 1.29. The van der Waals surface area contributed by atoms with E-state index in [2.05, 4.69) is 4.98 Å². The molecule has 0 aliphatic heterocycles. The quantitative estimate of drug-likeness (QED) is 0.645. The summed E-state index contributed by atoms with van der Waals surface area (Å²) in [6.45, 7) is -0.116. The van der Waals surface area contributed by atoms with Gasteiger partial charge in [-0.05, 0) is 12.1 Å². The van der Waals surface area contributed by atoms with Crippen molar-refractivity contribution in [3.63, 3.8) is 0 Å². The standard InChI is InChI=1S/C8H9NO2/c10-6-4-8(11)7-3-1-2-5-9-7/h1-3,5,10H,4,6H2. The Balaban J connectivity index is 2.69. The molecule has 11 heavy (non-hydrogen) atoms. The van der Waals surface area contributed by atoms with Crippen molar-refractivity contribution in [1.29, 1.82) is 0 Å². The molecule has 0 atom stereocenters. The Labute approximate surface area is 64.7 Å². The summed E-state index contributed by atoms with van der Waals surface area (Å²) in [4.78, 5) is 14.9. The van der Waals surface area contributed by atoms with Crippen molar-refractivity contribution in [1.82, 2.24) is 4.98 Å². The molecule has 0 bridgehead atoms. The van der Waals surface area contributed by atoms with Gasteiger partial charge in [0.15, 0.2) is 5.78 Å². The van der Waals surface area contributed by atoms with E-state index < -0.39 is 0 Å². The number of aliphatic hydroxyl groups excluding tert-OH is 1. The van der Waals surface area contributed by atoms with E-state index >= 15 is 0 Å². The molecule has 0 saturated heterocycles. The number of hydrogen-bond donors (Lipinski definition) is 1. The van der Waals surface area contributed by atoms with Gasteiger partial charge in [-0.15, -0.1) is 0 Å². The summed E-state index contributed by atoms with van der Waals surface area (Å²) in [5.74, 6) is -0.117. The van der Waals surface area contributed by atoms with Crippen LogP contribution in [0, 0.1) is 0 Å². The molecule has 0 aliphatic carbocycles. The number of aliphatic hydroxyl groups is 1. The largest absolute Gasteiger partial charge is 0.396 e. The van der Waals surface area contributed by atoms with Crippen LogP contribution in [0.25, 0.3) is 0 Å². The van der Waals surface area contributed by atoms with E-state index in [1.807, 2.05) is 0 Å². The number of nitrogens with zero attached hydrogens (tertiary/aromatic N) is 1. The number of carbonyl (C=O) groups excluding carboxylic acids is 1. The SMILES string of the molecule is O=C(CCO)c1ccccn1. The highest BCUT2D eigenvalue weighted by Gasteiger charge is 2.03. The predicted octanol–water partition coefficient (Wildman–Crippen LogP) is 0.647. The summed E-state index contributed by atoms with van der Waals surface area (Å²) in [6, 6.07) is 5.13. The van der Waals surface area contributed by atoms with Gasteiger partial charge in [-0.25, -0.2) is 0 Å². The number of pyridine rings is 1. The lowest BCUT2D eigenvalue weighted by atomic mass is 10.2. The Morgan fingerprint density at radius 3 is 2.91 bits per heavy atom. The summed E-state index contributed by atoms with van der Waals surface area (Å²) >= 11 is 0. The monoisotopic (exact) mass is 151 g/mol. The smallest absolute Gasteiger partial charge is 0.183 e. The van der Waals surface area contributed by atoms with Crippen LogP contribution in [0.1, 0.15) is 16.9 Å². The first-order valence-electron chi connectivity index (χ1n) is 3.39. The summed E-state index contributed by atoms with van der Waals surface area (Å²) in [5.41, 5.74) is 0.418. The first kappa shape index (κ1) is 7.88. The molecule has 1 N–H and O–H groups in total. The molecule has 3 heteroatoms. The van der Waals surface area contributed by atoms with Crippen molar-refractivity contribution < 1.29 is 9.90 Å². The molecule has 0 spiro atoms. The van der Waals surface area contributed by atoms with Crippen LogP contribution in [0.3, 0.4) is 0 Å². The topological polar surface area (TPSA) is 50.2 Å². The summed E-state index contributed by atoms with van der Waals surface area (Å²) in [6.07, 6.45) is 1.71. The Kier molecular flexibility index (Phi) is 2.74. The highest BCUT2D eigenvalue weighted by molar-refractivity contribution is 5.94. The highest BCUT2D eigenvalue weighted by Crippen LogP contribution is 1.97. The van der Waals surface area contributed by atoms with Crippen LogP contribution in [0.5, 0.6) is 0 Å². The maximum Gasteiger partial charge on any atom is 0.183 e. The van der Waals surface area contributed by atoms with Crippen molar-refractivity contribution in [2.45, 2.75) is 6.42 Å². The fraction of sp³-hybridized carbons (Fsp3) is 0.250. The maximum atomic E-state index is 11.0. The van der Waals surface area contributed by atoms with Crippen LogP contribution in [0.4, 0.5) is 0 Å². The number of Topliss-reactive ketones (excluding diaryl/α,β-unsaturated/α-hetero) is 1. The molecule has 0 radical (unpaired) electrons. The van der Waals surface area contributed by atoms with Crippen LogP contribution < -0.4 is 0 Å². The van der Waals surface area contributed by atoms with Crippen LogP contribution in [-0.2, 0) is 0 Å². The molecular weight excluding hydrogens is 142 g/mol. The minimum absolute atomic E-state index is 0.116. The Hall–Kier alpha value is -1.22. The lowest BCUT2D eigenvalue weighted by molar-refractivity contribution is 0.0952. The van der Waals surface area contributed by atoms with Crippen molar-refractivity contribution in [3.05, 3.63) is 30.1 Å². The van der Waals surface area contributed by atoms with Crippen molar-refractivity contribution in [3.8, 4) is 0 Å². The number of rotatable bonds is 3. The third-order valence-corrected chi connectivity index (χ3v) is 1.29. The van der Waals surface area contributed by atoms with E-state index in [0.29, 0.717) is 5.69 Å². The average Bonchev–Trinajstić information content (AvgIpc) is 2.07. The van der Waals surface area contributed by atoms with E-state index in [1.54, 1.807) is 24.4 Å². The molecular formula is C8H9NO2. The molecule has 1 heterocycles. The molecule has 58 valence electrons. The van der Waals surface area contributed by atoms with Gasteiger partial charge in [0.2, 0.25) is 0 Å². The zero-order chi connectivity index (χ0) is 8.10. The zero-order valence-corrected chi connectivity index (χ0v) is 6.03. The second-order valence-corrected chi connectivity index (χ2v) is 2.11. The van der Waals surface area contributed by atoms with Crippen molar-refractivity contribution in [2.24, 2.45) is 0 Å².